The summed E-state index contributed by atoms with van der Waals surface area (Å²) >= 11 is 7.48. The summed E-state index contributed by atoms with van der Waals surface area (Å²) < 4.78 is 0. The molecule has 0 atom stereocenters. The van der Waals surface area contributed by atoms with Crippen LogP contribution in [0, 0.1) is 6.92 Å². The first kappa shape index (κ1) is 15.4. The van der Waals surface area contributed by atoms with Crippen LogP contribution in [0.25, 0.3) is 10.6 Å². The van der Waals surface area contributed by atoms with Crippen molar-refractivity contribution in [1.82, 2.24) is 20.1 Å². The van der Waals surface area contributed by atoms with Gasteiger partial charge in [0.15, 0.2) is 0 Å². The van der Waals surface area contributed by atoms with Crippen molar-refractivity contribution in [1.29, 1.82) is 0 Å². The second-order valence-electron chi connectivity index (χ2n) is 5.79. The number of H-pyrrole nitrogens is 1. The highest BCUT2D eigenvalue weighted by atomic mass is 35.5. The van der Waals surface area contributed by atoms with Crippen molar-refractivity contribution in [3.63, 3.8) is 0 Å². The first-order chi connectivity index (χ1) is 11.6. The zero-order chi connectivity index (χ0) is 16.7. The molecule has 2 aromatic heterocycles. The maximum absolute atomic E-state index is 12.9. The van der Waals surface area contributed by atoms with E-state index < -0.39 is 0 Å². The van der Waals surface area contributed by atoms with Crippen molar-refractivity contribution < 1.29 is 4.79 Å². The quantitative estimate of drug-likeness (QED) is 0.759. The molecule has 0 radical (unpaired) electrons. The van der Waals surface area contributed by atoms with Gasteiger partial charge in [-0.25, -0.2) is 4.98 Å². The summed E-state index contributed by atoms with van der Waals surface area (Å²) in [5.41, 5.74) is 3.91. The summed E-state index contributed by atoms with van der Waals surface area (Å²) in [5.74, 6) is 0.0325. The van der Waals surface area contributed by atoms with E-state index in [4.69, 9.17) is 11.6 Å². The summed E-state index contributed by atoms with van der Waals surface area (Å²) in [7, 11) is 0. The number of hydrogen-bond donors (Lipinski definition) is 1. The average Bonchev–Trinajstić information content (AvgIpc) is 3.20. The number of carbonyl (C=O) groups excluding carboxylic acids is 1. The number of benzene rings is 1. The standard InChI is InChI=1S/C17H15ClN4OS/c1-10-15(24-16(20-10)11-3-2-4-13(18)7-11)17(23)22-6-5-14-12(9-22)8-19-21-14/h2-4,7-8H,5-6,9H2,1H3,(H,19,21). The highest BCUT2D eigenvalue weighted by molar-refractivity contribution is 7.17. The number of hydrogen-bond acceptors (Lipinski definition) is 4. The number of nitrogens with zero attached hydrogens (tertiary/aromatic N) is 3. The highest BCUT2D eigenvalue weighted by Gasteiger charge is 2.26. The minimum atomic E-state index is 0.0325. The van der Waals surface area contributed by atoms with Crippen molar-refractivity contribution in [3.8, 4) is 10.6 Å². The number of fused-ring (bicyclic) bond motifs is 1. The summed E-state index contributed by atoms with van der Waals surface area (Å²) in [5, 5.41) is 8.53. The Morgan fingerprint density at radius 1 is 1.42 bits per heavy atom. The van der Waals surface area contributed by atoms with Crippen molar-refractivity contribution in [2.45, 2.75) is 19.9 Å². The van der Waals surface area contributed by atoms with E-state index in [9.17, 15) is 4.79 Å². The Labute approximate surface area is 148 Å². The molecule has 4 rings (SSSR count). The number of aromatic nitrogens is 3. The summed E-state index contributed by atoms with van der Waals surface area (Å²) in [6.07, 6.45) is 2.60. The van der Waals surface area contributed by atoms with Gasteiger partial charge >= 0.3 is 0 Å². The predicted octanol–water partition coefficient (Wildman–Crippen LogP) is 3.69. The Morgan fingerprint density at radius 2 is 2.29 bits per heavy atom. The topological polar surface area (TPSA) is 61.9 Å². The van der Waals surface area contributed by atoms with E-state index in [1.54, 1.807) is 6.20 Å². The molecule has 3 heterocycles. The van der Waals surface area contributed by atoms with Gasteiger partial charge in [-0.3, -0.25) is 9.89 Å². The Kier molecular flexibility index (Phi) is 3.86. The number of aryl methyl sites for hydroxylation is 1. The molecular weight excluding hydrogens is 344 g/mol. The molecule has 1 aliphatic rings. The zero-order valence-corrected chi connectivity index (χ0v) is 14.6. The first-order valence-electron chi connectivity index (χ1n) is 7.65. The lowest BCUT2D eigenvalue weighted by atomic mass is 10.1. The van der Waals surface area contributed by atoms with E-state index in [1.807, 2.05) is 36.1 Å². The van der Waals surface area contributed by atoms with Gasteiger partial charge < -0.3 is 4.90 Å². The first-order valence-corrected chi connectivity index (χ1v) is 8.85. The Morgan fingerprint density at radius 3 is 3.12 bits per heavy atom. The van der Waals surface area contributed by atoms with E-state index in [0.717, 1.165) is 33.9 Å². The van der Waals surface area contributed by atoms with Gasteiger partial charge in [0.1, 0.15) is 9.88 Å². The molecule has 3 aromatic rings. The van der Waals surface area contributed by atoms with Gasteiger partial charge in [-0.15, -0.1) is 11.3 Å². The smallest absolute Gasteiger partial charge is 0.266 e. The van der Waals surface area contributed by atoms with Gasteiger partial charge in [-0.1, -0.05) is 23.7 Å². The lowest BCUT2D eigenvalue weighted by Gasteiger charge is -2.26. The van der Waals surface area contributed by atoms with Gasteiger partial charge in [0.25, 0.3) is 5.91 Å². The molecule has 122 valence electrons. The highest BCUT2D eigenvalue weighted by Crippen LogP contribution is 2.31. The number of amides is 1. The average molecular weight is 359 g/mol. The summed E-state index contributed by atoms with van der Waals surface area (Å²) in [6.45, 7) is 3.16. The molecule has 0 unspecified atom stereocenters. The van der Waals surface area contributed by atoms with Gasteiger partial charge in [-0.2, -0.15) is 5.10 Å². The lowest BCUT2D eigenvalue weighted by molar-refractivity contribution is 0.0738. The Hall–Kier alpha value is -2.18. The molecule has 0 saturated carbocycles. The van der Waals surface area contributed by atoms with Gasteiger partial charge in [0.2, 0.25) is 0 Å². The summed E-state index contributed by atoms with van der Waals surface area (Å²) in [6, 6.07) is 7.54. The van der Waals surface area contributed by atoms with Gasteiger partial charge in [0.05, 0.1) is 11.9 Å². The molecule has 1 amide bonds. The molecule has 1 aliphatic heterocycles. The fourth-order valence-corrected chi connectivity index (χ4v) is 4.10. The van der Waals surface area contributed by atoms with Crippen molar-refractivity contribution in [3.05, 3.63) is 57.3 Å². The lowest BCUT2D eigenvalue weighted by Crippen LogP contribution is -2.35. The van der Waals surface area contributed by atoms with E-state index in [0.29, 0.717) is 23.0 Å². The van der Waals surface area contributed by atoms with Gasteiger partial charge in [-0.05, 0) is 19.1 Å². The molecule has 0 bridgehead atoms. The van der Waals surface area contributed by atoms with Crippen molar-refractivity contribution in [2.24, 2.45) is 0 Å². The number of aromatic amines is 1. The fourth-order valence-electron chi connectivity index (χ4n) is 2.88. The molecule has 0 aliphatic carbocycles. The van der Waals surface area contributed by atoms with Crippen LogP contribution in [-0.2, 0) is 13.0 Å². The molecule has 1 aromatic carbocycles. The van der Waals surface area contributed by atoms with Crippen molar-refractivity contribution >= 4 is 28.8 Å². The molecule has 7 heteroatoms. The summed E-state index contributed by atoms with van der Waals surface area (Å²) in [4.78, 5) is 20.0. The largest absolute Gasteiger partial charge is 0.333 e. The monoisotopic (exact) mass is 358 g/mol. The maximum Gasteiger partial charge on any atom is 0.266 e. The third-order valence-corrected chi connectivity index (χ3v) is 5.58. The SMILES string of the molecule is Cc1nc(-c2cccc(Cl)c2)sc1C(=O)N1CCc2[nH]ncc2C1. The third-order valence-electron chi connectivity index (χ3n) is 4.15. The zero-order valence-electron chi connectivity index (χ0n) is 13.0. The van der Waals surface area contributed by atoms with Crippen LogP contribution in [0.5, 0.6) is 0 Å². The molecule has 0 saturated heterocycles. The molecule has 0 spiro atoms. The number of thiazole rings is 1. The van der Waals surface area contributed by atoms with E-state index in [-0.39, 0.29) is 5.91 Å². The number of nitrogens with one attached hydrogen (secondary N) is 1. The van der Waals surface area contributed by atoms with Crippen LogP contribution >= 0.6 is 22.9 Å². The molecule has 1 N–H and O–H groups in total. The van der Waals surface area contributed by atoms with Crippen LogP contribution < -0.4 is 0 Å². The Bertz CT molecular complexity index is 917. The minimum absolute atomic E-state index is 0.0325. The van der Waals surface area contributed by atoms with Crippen LogP contribution in [0.3, 0.4) is 0 Å². The van der Waals surface area contributed by atoms with Crippen LogP contribution in [-0.4, -0.2) is 32.5 Å². The predicted molar refractivity (Wildman–Crippen MR) is 94.3 cm³/mol. The molecule has 5 nitrogen and oxygen atoms in total. The van der Waals surface area contributed by atoms with Crippen LogP contribution in [0.2, 0.25) is 5.02 Å². The number of halogens is 1. The molecule has 24 heavy (non-hydrogen) atoms. The minimum Gasteiger partial charge on any atom is -0.333 e. The third kappa shape index (κ3) is 2.72. The second kappa shape index (κ2) is 6.03. The second-order valence-corrected chi connectivity index (χ2v) is 7.23. The van der Waals surface area contributed by atoms with Crippen molar-refractivity contribution in [2.75, 3.05) is 6.54 Å². The number of carbonyl (C=O) groups is 1. The van der Waals surface area contributed by atoms with E-state index in [2.05, 4.69) is 15.2 Å². The van der Waals surface area contributed by atoms with Crippen LogP contribution in [0.15, 0.2) is 30.5 Å². The molecular formula is C17H15ClN4OS. The van der Waals surface area contributed by atoms with E-state index >= 15 is 0 Å². The fraction of sp³-hybridized carbons (Fsp3) is 0.235. The maximum atomic E-state index is 12.9. The number of rotatable bonds is 2. The van der Waals surface area contributed by atoms with E-state index in [1.165, 1.54) is 11.3 Å². The van der Waals surface area contributed by atoms with Gasteiger partial charge in [0, 0.05) is 41.4 Å². The molecule has 0 fully saturated rings. The van der Waals surface area contributed by atoms with Crippen LogP contribution in [0.1, 0.15) is 26.6 Å². The Balaban J connectivity index is 1.62. The van der Waals surface area contributed by atoms with Crippen LogP contribution in [0.4, 0.5) is 0 Å². The normalized spacial score (nSPS) is 13.8.